The summed E-state index contributed by atoms with van der Waals surface area (Å²) >= 11 is 6.29. The number of rotatable bonds is 3. The van der Waals surface area contributed by atoms with Gasteiger partial charge in [-0.1, -0.05) is 61.8 Å². The van der Waals surface area contributed by atoms with Crippen molar-refractivity contribution < 1.29 is 9.53 Å². The first-order valence-electron chi connectivity index (χ1n) is 7.83. The highest BCUT2D eigenvalue weighted by atomic mass is 35.5. The van der Waals surface area contributed by atoms with Crippen LogP contribution < -0.4 is 4.90 Å². The maximum Gasteiger partial charge on any atom is 0.260 e. The Labute approximate surface area is 141 Å². The van der Waals surface area contributed by atoms with Crippen LogP contribution in [0, 0.1) is 5.92 Å². The molecule has 3 rings (SSSR count). The molecule has 1 unspecified atom stereocenters. The Bertz CT molecular complexity index is 714. The largest absolute Gasteiger partial charge is 0.359 e. The fraction of sp³-hybridized carbons (Fsp3) is 0.316. The summed E-state index contributed by atoms with van der Waals surface area (Å²) in [4.78, 5) is 15.0. The van der Waals surface area contributed by atoms with E-state index in [-0.39, 0.29) is 5.91 Å². The molecule has 0 bridgehead atoms. The van der Waals surface area contributed by atoms with Crippen LogP contribution in [0.2, 0.25) is 5.02 Å². The van der Waals surface area contributed by atoms with E-state index in [9.17, 15) is 4.79 Å². The fourth-order valence-corrected chi connectivity index (χ4v) is 3.10. The third kappa shape index (κ3) is 3.26. The summed E-state index contributed by atoms with van der Waals surface area (Å²) in [5.41, 5.74) is 2.68. The zero-order chi connectivity index (χ0) is 16.4. The van der Waals surface area contributed by atoms with Crippen LogP contribution in [0.1, 0.15) is 31.1 Å². The van der Waals surface area contributed by atoms with Crippen LogP contribution >= 0.6 is 11.6 Å². The van der Waals surface area contributed by atoms with E-state index in [1.165, 1.54) is 0 Å². The molecule has 1 atom stereocenters. The molecule has 2 aromatic rings. The second kappa shape index (κ2) is 6.73. The summed E-state index contributed by atoms with van der Waals surface area (Å²) in [7, 11) is 0. The Kier molecular flexibility index (Phi) is 4.69. The van der Waals surface area contributed by atoms with E-state index in [4.69, 9.17) is 16.3 Å². The minimum atomic E-state index is -0.671. The lowest BCUT2D eigenvalue weighted by molar-refractivity contribution is -0.130. The normalized spacial score (nSPS) is 18.0. The average molecular weight is 330 g/mol. The fourth-order valence-electron chi connectivity index (χ4n) is 2.86. The van der Waals surface area contributed by atoms with Gasteiger partial charge in [-0.2, -0.15) is 0 Å². The molecule has 1 heterocycles. The molecule has 0 fully saturated rings. The van der Waals surface area contributed by atoms with Gasteiger partial charge in [0.15, 0.2) is 6.10 Å². The maximum absolute atomic E-state index is 13.1. The van der Waals surface area contributed by atoms with Gasteiger partial charge in [-0.25, -0.2) is 0 Å². The molecular formula is C19H20ClNO2. The highest BCUT2D eigenvalue weighted by molar-refractivity contribution is 6.31. The first-order valence-corrected chi connectivity index (χ1v) is 8.21. The predicted molar refractivity (Wildman–Crippen MR) is 92.6 cm³/mol. The van der Waals surface area contributed by atoms with Gasteiger partial charge in [-0.05, 0) is 18.1 Å². The van der Waals surface area contributed by atoms with E-state index >= 15 is 0 Å². The maximum atomic E-state index is 13.1. The van der Waals surface area contributed by atoms with Gasteiger partial charge in [0, 0.05) is 28.4 Å². The number of para-hydroxylation sites is 1. The smallest absolute Gasteiger partial charge is 0.260 e. The molecule has 1 aliphatic rings. The predicted octanol–water partition coefficient (Wildman–Crippen LogP) is 4.60. The summed E-state index contributed by atoms with van der Waals surface area (Å²) in [5.74, 6) is 0.300. The van der Waals surface area contributed by atoms with Crippen molar-refractivity contribution in [3.8, 4) is 0 Å². The summed E-state index contributed by atoms with van der Waals surface area (Å²) in [6.07, 6.45) is -0.671. The number of anilines is 1. The highest BCUT2D eigenvalue weighted by Gasteiger charge is 2.33. The number of fused-ring (bicyclic) bond motifs is 1. The molecule has 0 N–H and O–H groups in total. The molecule has 0 aliphatic carbocycles. The first kappa shape index (κ1) is 16.0. The standard InChI is InChI=1S/C19H20ClNO2/c1-13(2)11-21-17-10-6-3-7-14(17)12-23-18(19(21)22)15-8-4-5-9-16(15)20/h3-10,13,18H,11-12H2,1-2H3. The highest BCUT2D eigenvalue weighted by Crippen LogP contribution is 2.35. The Morgan fingerprint density at radius 3 is 2.61 bits per heavy atom. The molecular weight excluding hydrogens is 310 g/mol. The minimum Gasteiger partial charge on any atom is -0.359 e. The molecule has 0 saturated carbocycles. The lowest BCUT2D eigenvalue weighted by Gasteiger charge is -2.27. The molecule has 1 amide bonds. The van der Waals surface area contributed by atoms with E-state index in [0.29, 0.717) is 24.1 Å². The van der Waals surface area contributed by atoms with Crippen LogP contribution in [0.3, 0.4) is 0 Å². The number of amides is 1. The van der Waals surface area contributed by atoms with Gasteiger partial charge in [-0.3, -0.25) is 4.79 Å². The number of carbonyl (C=O) groups is 1. The van der Waals surface area contributed by atoms with E-state index < -0.39 is 6.10 Å². The van der Waals surface area contributed by atoms with Crippen molar-refractivity contribution in [2.75, 3.05) is 11.4 Å². The van der Waals surface area contributed by atoms with Crippen LogP contribution in [-0.2, 0) is 16.1 Å². The number of benzene rings is 2. The zero-order valence-electron chi connectivity index (χ0n) is 13.3. The van der Waals surface area contributed by atoms with Crippen molar-refractivity contribution in [2.24, 2.45) is 5.92 Å². The molecule has 1 aliphatic heterocycles. The van der Waals surface area contributed by atoms with Crippen LogP contribution in [-0.4, -0.2) is 12.5 Å². The number of hydrogen-bond donors (Lipinski definition) is 0. The Balaban J connectivity index is 2.04. The van der Waals surface area contributed by atoms with Gasteiger partial charge < -0.3 is 9.64 Å². The van der Waals surface area contributed by atoms with Crippen molar-refractivity contribution >= 4 is 23.2 Å². The third-order valence-corrected chi connectivity index (χ3v) is 4.26. The van der Waals surface area contributed by atoms with Gasteiger partial charge in [0.1, 0.15) is 0 Å². The van der Waals surface area contributed by atoms with Crippen molar-refractivity contribution in [3.05, 3.63) is 64.7 Å². The molecule has 120 valence electrons. The number of carbonyl (C=O) groups excluding carboxylic acids is 1. The molecule has 4 heteroatoms. The lowest BCUT2D eigenvalue weighted by atomic mass is 10.1. The second-order valence-electron chi connectivity index (χ2n) is 6.18. The number of halogens is 1. The molecule has 3 nitrogen and oxygen atoms in total. The van der Waals surface area contributed by atoms with Gasteiger partial charge in [0.05, 0.1) is 6.61 Å². The van der Waals surface area contributed by atoms with Crippen molar-refractivity contribution in [1.82, 2.24) is 0 Å². The number of hydrogen-bond acceptors (Lipinski definition) is 2. The van der Waals surface area contributed by atoms with Gasteiger partial charge >= 0.3 is 0 Å². The lowest BCUT2D eigenvalue weighted by Crippen LogP contribution is -2.37. The van der Waals surface area contributed by atoms with E-state index in [0.717, 1.165) is 16.8 Å². The Hall–Kier alpha value is -1.84. The summed E-state index contributed by atoms with van der Waals surface area (Å²) in [6, 6.07) is 15.3. The molecule has 0 saturated heterocycles. The van der Waals surface area contributed by atoms with E-state index in [2.05, 4.69) is 13.8 Å². The SMILES string of the molecule is CC(C)CN1C(=O)C(c2ccccc2Cl)OCc2ccccc21. The Morgan fingerprint density at radius 2 is 1.87 bits per heavy atom. The summed E-state index contributed by atoms with van der Waals surface area (Å²) < 4.78 is 5.94. The van der Waals surface area contributed by atoms with Gasteiger partial charge in [-0.15, -0.1) is 0 Å². The third-order valence-electron chi connectivity index (χ3n) is 3.91. The van der Waals surface area contributed by atoms with Gasteiger partial charge in [0.25, 0.3) is 5.91 Å². The van der Waals surface area contributed by atoms with E-state index in [1.807, 2.05) is 47.4 Å². The first-order chi connectivity index (χ1) is 11.1. The second-order valence-corrected chi connectivity index (χ2v) is 6.59. The van der Waals surface area contributed by atoms with Crippen molar-refractivity contribution in [2.45, 2.75) is 26.6 Å². The summed E-state index contributed by atoms with van der Waals surface area (Å²) in [5, 5.41) is 0.557. The monoisotopic (exact) mass is 329 g/mol. The molecule has 0 radical (unpaired) electrons. The van der Waals surface area contributed by atoms with Crippen molar-refractivity contribution in [3.63, 3.8) is 0 Å². The Morgan fingerprint density at radius 1 is 1.17 bits per heavy atom. The molecule has 0 aromatic heterocycles. The van der Waals surface area contributed by atoms with Crippen LogP contribution in [0.4, 0.5) is 5.69 Å². The molecule has 23 heavy (non-hydrogen) atoms. The van der Waals surface area contributed by atoms with Crippen LogP contribution in [0.5, 0.6) is 0 Å². The zero-order valence-corrected chi connectivity index (χ0v) is 14.1. The van der Waals surface area contributed by atoms with Crippen LogP contribution in [0.25, 0.3) is 0 Å². The molecule has 2 aromatic carbocycles. The van der Waals surface area contributed by atoms with Gasteiger partial charge in [0.2, 0.25) is 0 Å². The molecule has 0 spiro atoms. The van der Waals surface area contributed by atoms with E-state index in [1.54, 1.807) is 6.07 Å². The topological polar surface area (TPSA) is 29.5 Å². The number of nitrogens with zero attached hydrogens (tertiary/aromatic N) is 1. The van der Waals surface area contributed by atoms with Crippen LogP contribution in [0.15, 0.2) is 48.5 Å². The minimum absolute atomic E-state index is 0.0586. The average Bonchev–Trinajstić information content (AvgIpc) is 2.66. The van der Waals surface area contributed by atoms with Crippen molar-refractivity contribution in [1.29, 1.82) is 0 Å². The quantitative estimate of drug-likeness (QED) is 0.823. The summed E-state index contributed by atoms with van der Waals surface area (Å²) in [6.45, 7) is 5.25. The number of ether oxygens (including phenoxy) is 1.